The monoisotopic (exact) mass is 644 g/mol. The summed E-state index contributed by atoms with van der Waals surface area (Å²) in [6, 6.07) is 55.4. The van der Waals surface area contributed by atoms with Crippen molar-refractivity contribution in [2.45, 2.75) is 0 Å². The molecule has 2 nitrogen and oxygen atoms in total. The lowest BCUT2D eigenvalue weighted by atomic mass is 9.85. The van der Waals surface area contributed by atoms with Crippen LogP contribution in [-0.4, -0.2) is 0 Å². The maximum absolute atomic E-state index is 10.9. The zero-order valence-corrected chi connectivity index (χ0v) is 27.2. The lowest BCUT2D eigenvalue weighted by Crippen LogP contribution is -1.96. The molecule has 7 aromatic carbocycles. The lowest BCUT2D eigenvalue weighted by molar-refractivity contribution is 1.44. The van der Waals surface area contributed by atoms with Crippen LogP contribution >= 0.6 is 22.7 Å². The van der Waals surface area contributed by atoms with Gasteiger partial charge in [-0.25, -0.2) is 0 Å². The van der Waals surface area contributed by atoms with E-state index in [1.165, 1.54) is 40.3 Å². The van der Waals surface area contributed by atoms with Gasteiger partial charge in [-0.1, -0.05) is 97.1 Å². The summed E-state index contributed by atoms with van der Waals surface area (Å²) in [6.45, 7) is 0. The molecule has 0 aliphatic carbocycles. The second kappa shape index (κ2) is 11.3. The Labute approximate surface area is 285 Å². The van der Waals surface area contributed by atoms with E-state index in [4.69, 9.17) is 0 Å². The summed E-state index contributed by atoms with van der Waals surface area (Å²) in [4.78, 5) is 0. The molecule has 2 aromatic heterocycles. The van der Waals surface area contributed by atoms with Gasteiger partial charge in [-0.2, -0.15) is 10.5 Å². The van der Waals surface area contributed by atoms with Gasteiger partial charge in [0.15, 0.2) is 0 Å². The highest BCUT2D eigenvalue weighted by Crippen LogP contribution is 2.44. The summed E-state index contributed by atoms with van der Waals surface area (Å²) >= 11 is 3.58. The van der Waals surface area contributed by atoms with Crippen molar-refractivity contribution in [3.8, 4) is 56.6 Å². The van der Waals surface area contributed by atoms with E-state index in [0.717, 1.165) is 44.5 Å². The van der Waals surface area contributed by atoms with Crippen LogP contribution in [-0.2, 0) is 0 Å². The number of hydrogen-bond acceptors (Lipinski definition) is 4. The summed E-state index contributed by atoms with van der Waals surface area (Å²) in [6.07, 6.45) is 0. The Morgan fingerprint density at radius 2 is 0.854 bits per heavy atom. The van der Waals surface area contributed by atoms with Crippen LogP contribution in [0.5, 0.6) is 0 Å². The minimum absolute atomic E-state index is 0.557. The summed E-state index contributed by atoms with van der Waals surface area (Å²) in [5.74, 6) is 0. The largest absolute Gasteiger partial charge is 0.192 e. The van der Waals surface area contributed by atoms with Crippen molar-refractivity contribution in [2.75, 3.05) is 0 Å². The third kappa shape index (κ3) is 4.51. The van der Waals surface area contributed by atoms with E-state index in [2.05, 4.69) is 109 Å². The minimum Gasteiger partial charge on any atom is -0.192 e. The van der Waals surface area contributed by atoms with Gasteiger partial charge in [0, 0.05) is 62.6 Å². The quantitative estimate of drug-likeness (QED) is 0.191. The fourth-order valence-corrected chi connectivity index (χ4v) is 9.10. The van der Waals surface area contributed by atoms with Crippen molar-refractivity contribution < 1.29 is 0 Å². The Kier molecular flexibility index (Phi) is 6.66. The second-order valence-electron chi connectivity index (χ2n) is 11.9. The zero-order chi connectivity index (χ0) is 32.2. The van der Waals surface area contributed by atoms with Gasteiger partial charge in [-0.3, -0.25) is 0 Å². The van der Waals surface area contributed by atoms with Crippen molar-refractivity contribution in [2.24, 2.45) is 0 Å². The van der Waals surface area contributed by atoms with Crippen LogP contribution in [0.1, 0.15) is 11.1 Å². The van der Waals surface area contributed by atoms with Crippen molar-refractivity contribution in [1.82, 2.24) is 0 Å². The van der Waals surface area contributed by atoms with Gasteiger partial charge >= 0.3 is 0 Å². The van der Waals surface area contributed by atoms with Crippen LogP contribution in [0.3, 0.4) is 0 Å². The van der Waals surface area contributed by atoms with Crippen LogP contribution in [0.2, 0.25) is 0 Å². The molecule has 0 radical (unpaired) electrons. The first-order valence-electron chi connectivity index (χ1n) is 15.7. The molecule has 2 heterocycles. The molecule has 0 bridgehead atoms. The Balaban J connectivity index is 1.34. The molecule has 222 valence electrons. The first kappa shape index (κ1) is 28.2. The van der Waals surface area contributed by atoms with Gasteiger partial charge in [0.25, 0.3) is 0 Å². The van der Waals surface area contributed by atoms with Gasteiger partial charge in [0.2, 0.25) is 0 Å². The number of benzene rings is 7. The number of nitriles is 2. The smallest absolute Gasteiger partial charge is 0.100 e. The molecule has 0 saturated heterocycles. The van der Waals surface area contributed by atoms with E-state index in [-0.39, 0.29) is 0 Å². The van der Waals surface area contributed by atoms with Gasteiger partial charge < -0.3 is 0 Å². The van der Waals surface area contributed by atoms with Crippen LogP contribution < -0.4 is 0 Å². The summed E-state index contributed by atoms with van der Waals surface area (Å²) in [5.41, 5.74) is 8.34. The summed E-state index contributed by atoms with van der Waals surface area (Å²) < 4.78 is 4.96. The minimum atomic E-state index is 0.557. The lowest BCUT2D eigenvalue weighted by Gasteiger charge is -2.17. The highest BCUT2D eigenvalue weighted by atomic mass is 32.1. The fourth-order valence-electron chi connectivity index (χ4n) is 6.92. The maximum Gasteiger partial charge on any atom is 0.100 e. The molecule has 0 aliphatic rings. The van der Waals surface area contributed by atoms with Gasteiger partial charge in [-0.05, 0) is 70.8 Å². The standard InChI is InChI=1S/C44H24N2S2/c45-25-39-31(27-9-2-1-3-10-27)13-8-14-32(39)36-24-30(28-17-19-43-37(21-28)33-11-4-6-15-41(33)47-43)23-35(40(36)26-46)29-18-20-44-38(22-29)34-12-5-7-16-42(34)48-44/h1-24H. The van der Waals surface area contributed by atoms with E-state index in [9.17, 15) is 10.5 Å². The number of rotatable bonds is 4. The van der Waals surface area contributed by atoms with Crippen molar-refractivity contribution in [1.29, 1.82) is 10.5 Å². The molecule has 48 heavy (non-hydrogen) atoms. The van der Waals surface area contributed by atoms with Crippen LogP contribution in [0.4, 0.5) is 0 Å². The van der Waals surface area contributed by atoms with Gasteiger partial charge in [0.1, 0.15) is 12.1 Å². The normalized spacial score (nSPS) is 11.3. The van der Waals surface area contributed by atoms with Crippen molar-refractivity contribution in [3.63, 3.8) is 0 Å². The molecule has 0 aliphatic heterocycles. The first-order chi connectivity index (χ1) is 23.7. The van der Waals surface area contributed by atoms with Crippen LogP contribution in [0, 0.1) is 22.7 Å². The van der Waals surface area contributed by atoms with E-state index in [1.54, 1.807) is 22.7 Å². The summed E-state index contributed by atoms with van der Waals surface area (Å²) in [7, 11) is 0. The Morgan fingerprint density at radius 1 is 0.333 bits per heavy atom. The van der Waals surface area contributed by atoms with E-state index in [1.807, 2.05) is 48.5 Å². The van der Waals surface area contributed by atoms with Crippen LogP contribution in [0.25, 0.3) is 84.9 Å². The average molecular weight is 645 g/mol. The van der Waals surface area contributed by atoms with Crippen molar-refractivity contribution in [3.05, 3.63) is 157 Å². The van der Waals surface area contributed by atoms with Crippen LogP contribution in [0.15, 0.2) is 146 Å². The molecule has 0 unspecified atom stereocenters. The molecule has 0 spiro atoms. The summed E-state index contributed by atoms with van der Waals surface area (Å²) in [5, 5.41) is 26.4. The average Bonchev–Trinajstić information content (AvgIpc) is 3.72. The van der Waals surface area contributed by atoms with Crippen molar-refractivity contribution >= 4 is 63.0 Å². The Hall–Kier alpha value is -6.04. The molecule has 9 rings (SSSR count). The molecule has 0 amide bonds. The first-order valence-corrected chi connectivity index (χ1v) is 17.3. The Morgan fingerprint density at radius 3 is 1.52 bits per heavy atom. The van der Waals surface area contributed by atoms with E-state index < -0.39 is 0 Å². The fraction of sp³-hybridized carbons (Fsp3) is 0. The predicted molar refractivity (Wildman–Crippen MR) is 203 cm³/mol. The molecule has 0 N–H and O–H groups in total. The molecule has 9 aromatic rings. The third-order valence-corrected chi connectivity index (χ3v) is 11.5. The number of hydrogen-bond donors (Lipinski definition) is 0. The van der Waals surface area contributed by atoms with Gasteiger partial charge in [0.05, 0.1) is 11.1 Å². The highest BCUT2D eigenvalue weighted by Gasteiger charge is 2.20. The predicted octanol–water partition coefficient (Wildman–Crippen LogP) is 12.8. The van der Waals surface area contributed by atoms with E-state index >= 15 is 0 Å². The molecule has 0 fully saturated rings. The number of fused-ring (bicyclic) bond motifs is 6. The topological polar surface area (TPSA) is 47.6 Å². The molecular weight excluding hydrogens is 621 g/mol. The highest BCUT2D eigenvalue weighted by molar-refractivity contribution is 7.26. The number of thiophene rings is 2. The zero-order valence-electron chi connectivity index (χ0n) is 25.6. The SMILES string of the molecule is N#Cc1c(-c2ccccc2)cccc1-c1cc(-c2ccc3sc4ccccc4c3c2)cc(-c2ccc3sc4ccccc4c3c2)c1C#N. The number of nitrogens with zero attached hydrogens (tertiary/aromatic N) is 2. The molecule has 0 saturated carbocycles. The molecular formula is C44H24N2S2. The Bertz CT molecular complexity index is 2810. The maximum atomic E-state index is 10.9. The van der Waals surface area contributed by atoms with E-state index in [0.29, 0.717) is 11.1 Å². The molecule has 4 heteroatoms. The second-order valence-corrected chi connectivity index (χ2v) is 14.1. The van der Waals surface area contributed by atoms with Gasteiger partial charge in [-0.15, -0.1) is 22.7 Å². The third-order valence-electron chi connectivity index (χ3n) is 9.20. The molecule has 0 atom stereocenters.